The Morgan fingerprint density at radius 3 is 2.80 bits per heavy atom. The molecule has 0 aliphatic carbocycles. The second-order valence-corrected chi connectivity index (χ2v) is 5.69. The topological polar surface area (TPSA) is 38.1 Å². The van der Waals surface area contributed by atoms with Crippen molar-refractivity contribution in [1.82, 2.24) is 9.78 Å². The quantitative estimate of drug-likeness (QED) is 0.786. The summed E-state index contributed by atoms with van der Waals surface area (Å²) in [5.74, 6) is -0.00785. The van der Waals surface area contributed by atoms with Crippen LogP contribution in [0, 0.1) is 0 Å². The number of rotatable bonds is 5. The second-order valence-electron chi connectivity index (χ2n) is 4.84. The van der Waals surface area contributed by atoms with Gasteiger partial charge in [0.2, 0.25) is 5.78 Å². The number of carbonyl (C=O) groups excluding carboxylic acids is 1. The maximum Gasteiger partial charge on any atom is 0.212 e. The van der Waals surface area contributed by atoms with Gasteiger partial charge in [0.05, 0.1) is 10.7 Å². The van der Waals surface area contributed by atoms with Gasteiger partial charge in [0, 0.05) is 31.9 Å². The van der Waals surface area contributed by atoms with E-state index in [9.17, 15) is 4.79 Å². The lowest BCUT2D eigenvalue weighted by Crippen LogP contribution is -2.13. The van der Waals surface area contributed by atoms with Crippen LogP contribution >= 0.6 is 15.9 Å². The Balaban J connectivity index is 2.41. The van der Waals surface area contributed by atoms with Crippen LogP contribution in [0.25, 0.3) is 0 Å². The molecule has 0 saturated heterocycles. The molecule has 0 unspecified atom stereocenters. The molecule has 0 aliphatic rings. The van der Waals surface area contributed by atoms with Crippen molar-refractivity contribution in [1.29, 1.82) is 0 Å². The minimum atomic E-state index is -0.00785. The average molecular weight is 336 g/mol. The molecule has 0 atom stereocenters. The van der Waals surface area contributed by atoms with E-state index in [2.05, 4.69) is 28.0 Å². The highest BCUT2D eigenvalue weighted by atomic mass is 79.9. The number of halogens is 1. The number of benzene rings is 1. The molecule has 0 bridgehead atoms. The predicted octanol–water partition coefficient (Wildman–Crippen LogP) is 3.35. The number of ketones is 1. The van der Waals surface area contributed by atoms with Crippen LogP contribution in [0.1, 0.15) is 29.4 Å². The molecule has 2 aromatic rings. The molecule has 0 fully saturated rings. The lowest BCUT2D eigenvalue weighted by atomic mass is 10.1. The third kappa shape index (κ3) is 2.93. The van der Waals surface area contributed by atoms with Crippen molar-refractivity contribution < 1.29 is 4.79 Å². The van der Waals surface area contributed by atoms with Gasteiger partial charge in [-0.1, -0.05) is 19.1 Å². The van der Waals surface area contributed by atoms with Crippen molar-refractivity contribution in [3.63, 3.8) is 0 Å². The zero-order valence-electron chi connectivity index (χ0n) is 11.9. The van der Waals surface area contributed by atoms with Crippen molar-refractivity contribution in [2.24, 2.45) is 0 Å². The molecule has 0 amide bonds. The first-order chi connectivity index (χ1) is 9.54. The first-order valence-corrected chi connectivity index (χ1v) is 7.37. The van der Waals surface area contributed by atoms with Crippen molar-refractivity contribution in [3.05, 3.63) is 46.2 Å². The van der Waals surface area contributed by atoms with Crippen molar-refractivity contribution >= 4 is 27.4 Å². The fraction of sp³-hybridized carbons (Fsp3) is 0.333. The molecular weight excluding hydrogens is 318 g/mol. The van der Waals surface area contributed by atoms with Gasteiger partial charge in [0.15, 0.2) is 0 Å². The van der Waals surface area contributed by atoms with Crippen LogP contribution < -0.4 is 4.90 Å². The van der Waals surface area contributed by atoms with Gasteiger partial charge in [-0.25, -0.2) is 0 Å². The third-order valence-corrected chi connectivity index (χ3v) is 3.65. The summed E-state index contributed by atoms with van der Waals surface area (Å²) in [5.41, 5.74) is 2.30. The monoisotopic (exact) mass is 335 g/mol. The lowest BCUT2D eigenvalue weighted by molar-refractivity contribution is 0.102. The number of hydrogen-bond acceptors (Lipinski definition) is 3. The molecule has 0 spiro atoms. The molecule has 106 valence electrons. The standard InChI is InChI=1S/C15H18BrN3O/c1-4-8-19-14(13(16)10-17-19)15(20)11-6-5-7-12(9-11)18(2)3/h5-7,9-10H,4,8H2,1-3H3. The van der Waals surface area contributed by atoms with Crippen LogP contribution in [-0.4, -0.2) is 29.7 Å². The Hall–Kier alpha value is -1.62. The highest BCUT2D eigenvalue weighted by Gasteiger charge is 2.19. The molecule has 0 saturated carbocycles. The summed E-state index contributed by atoms with van der Waals surface area (Å²) in [6.45, 7) is 2.80. The van der Waals surface area contributed by atoms with E-state index in [1.807, 2.05) is 43.3 Å². The third-order valence-electron chi connectivity index (χ3n) is 3.07. The van der Waals surface area contributed by atoms with E-state index >= 15 is 0 Å². The van der Waals surface area contributed by atoms with E-state index in [4.69, 9.17) is 0 Å². The molecule has 20 heavy (non-hydrogen) atoms. The largest absolute Gasteiger partial charge is 0.378 e. The number of anilines is 1. The van der Waals surface area contributed by atoms with Crippen LogP contribution in [0.2, 0.25) is 0 Å². The Kier molecular flexibility index (Phi) is 4.60. The van der Waals surface area contributed by atoms with Crippen molar-refractivity contribution in [2.75, 3.05) is 19.0 Å². The van der Waals surface area contributed by atoms with E-state index in [1.54, 1.807) is 10.9 Å². The molecule has 1 aromatic heterocycles. The Bertz CT molecular complexity index is 619. The highest BCUT2D eigenvalue weighted by Crippen LogP contribution is 2.22. The number of carbonyl (C=O) groups is 1. The van der Waals surface area contributed by atoms with Gasteiger partial charge < -0.3 is 4.90 Å². The summed E-state index contributed by atoms with van der Waals surface area (Å²) < 4.78 is 2.50. The molecule has 1 heterocycles. The average Bonchev–Trinajstić information content (AvgIpc) is 2.79. The number of aryl methyl sites for hydroxylation is 1. The predicted molar refractivity (Wildman–Crippen MR) is 84.4 cm³/mol. The van der Waals surface area contributed by atoms with E-state index in [0.717, 1.165) is 23.1 Å². The van der Waals surface area contributed by atoms with Crippen LogP contribution in [0.15, 0.2) is 34.9 Å². The molecular formula is C15H18BrN3O. The van der Waals surface area contributed by atoms with Gasteiger partial charge in [-0.05, 0) is 34.5 Å². The van der Waals surface area contributed by atoms with Gasteiger partial charge in [-0.15, -0.1) is 0 Å². The lowest BCUT2D eigenvalue weighted by Gasteiger charge is -2.13. The number of hydrogen-bond donors (Lipinski definition) is 0. The van der Waals surface area contributed by atoms with Crippen LogP contribution in [0.3, 0.4) is 0 Å². The first kappa shape index (κ1) is 14.8. The smallest absolute Gasteiger partial charge is 0.212 e. The summed E-state index contributed by atoms with van der Waals surface area (Å²) in [6.07, 6.45) is 2.62. The van der Waals surface area contributed by atoms with Gasteiger partial charge in [-0.3, -0.25) is 9.48 Å². The molecule has 5 heteroatoms. The minimum Gasteiger partial charge on any atom is -0.378 e. The van der Waals surface area contributed by atoms with Gasteiger partial charge >= 0.3 is 0 Å². The Labute approximate surface area is 127 Å². The van der Waals surface area contributed by atoms with Gasteiger partial charge in [0.1, 0.15) is 5.69 Å². The normalized spacial score (nSPS) is 10.6. The van der Waals surface area contributed by atoms with Gasteiger partial charge in [-0.2, -0.15) is 5.10 Å². The van der Waals surface area contributed by atoms with Crippen LogP contribution in [0.4, 0.5) is 5.69 Å². The summed E-state index contributed by atoms with van der Waals surface area (Å²) in [6, 6.07) is 7.62. The molecule has 2 rings (SSSR count). The maximum atomic E-state index is 12.7. The molecule has 0 radical (unpaired) electrons. The zero-order valence-corrected chi connectivity index (χ0v) is 13.5. The Morgan fingerprint density at radius 1 is 1.40 bits per heavy atom. The van der Waals surface area contributed by atoms with Gasteiger partial charge in [0.25, 0.3) is 0 Å². The second kappa shape index (κ2) is 6.22. The van der Waals surface area contributed by atoms with Crippen molar-refractivity contribution in [2.45, 2.75) is 19.9 Å². The fourth-order valence-electron chi connectivity index (χ4n) is 2.03. The number of aromatic nitrogens is 2. The number of nitrogens with zero attached hydrogens (tertiary/aromatic N) is 3. The summed E-state index contributed by atoms with van der Waals surface area (Å²) in [7, 11) is 3.92. The van der Waals surface area contributed by atoms with E-state index in [-0.39, 0.29) is 5.78 Å². The first-order valence-electron chi connectivity index (χ1n) is 6.58. The summed E-state index contributed by atoms with van der Waals surface area (Å²) in [4.78, 5) is 14.7. The molecule has 4 nitrogen and oxygen atoms in total. The summed E-state index contributed by atoms with van der Waals surface area (Å²) in [5, 5.41) is 4.25. The Morgan fingerprint density at radius 2 is 2.15 bits per heavy atom. The van der Waals surface area contributed by atoms with Crippen molar-refractivity contribution in [3.8, 4) is 0 Å². The summed E-state index contributed by atoms with van der Waals surface area (Å²) >= 11 is 3.42. The van der Waals surface area contributed by atoms with E-state index in [1.165, 1.54) is 0 Å². The highest BCUT2D eigenvalue weighted by molar-refractivity contribution is 9.10. The maximum absolute atomic E-state index is 12.7. The fourth-order valence-corrected chi connectivity index (χ4v) is 2.51. The molecule has 0 aliphatic heterocycles. The molecule has 0 N–H and O–H groups in total. The SMILES string of the molecule is CCCn1ncc(Br)c1C(=O)c1cccc(N(C)C)c1. The van der Waals surface area contributed by atoms with Crippen LogP contribution in [0.5, 0.6) is 0 Å². The van der Waals surface area contributed by atoms with E-state index < -0.39 is 0 Å². The van der Waals surface area contributed by atoms with E-state index in [0.29, 0.717) is 11.3 Å². The zero-order chi connectivity index (χ0) is 14.7. The minimum absolute atomic E-state index is 0.00785. The molecule has 1 aromatic carbocycles. The van der Waals surface area contributed by atoms with Crippen LogP contribution in [-0.2, 0) is 6.54 Å².